The van der Waals surface area contributed by atoms with E-state index in [1.165, 1.54) is 0 Å². The maximum atomic E-state index is 13.8. The molecule has 3 rings (SSSR count). The molecule has 1 N–H and O–H groups in total. The van der Waals surface area contributed by atoms with Gasteiger partial charge in [0.15, 0.2) is 11.5 Å². The van der Waals surface area contributed by atoms with Crippen LogP contribution in [0.4, 0.5) is 0 Å². The molecule has 3 aromatic rings. The van der Waals surface area contributed by atoms with Crippen molar-refractivity contribution in [2.75, 3.05) is 19.8 Å². The molecule has 0 aliphatic rings. The first-order valence-corrected chi connectivity index (χ1v) is 13.6. The standard InChI is InChI=1S/C31H37ClN2O4/c1-4-33-31(36)27(20-23-12-8-7-9-13-23)34(22-25-14-10-11-15-26(25)32)30(35)19-17-24-16-18-28(37-5-2)29(21-24)38-6-3/h7-16,18,21,27H,4-6,17,19-20,22H2,1-3H3,(H,33,36)/t27-/m0/s1. The lowest BCUT2D eigenvalue weighted by molar-refractivity contribution is -0.141. The molecular weight excluding hydrogens is 500 g/mol. The molecule has 0 aliphatic carbocycles. The van der Waals surface area contributed by atoms with Gasteiger partial charge in [-0.3, -0.25) is 9.59 Å². The first-order valence-electron chi connectivity index (χ1n) is 13.2. The van der Waals surface area contributed by atoms with Crippen molar-refractivity contribution in [3.8, 4) is 11.5 Å². The Bertz CT molecular complexity index is 1190. The third-order valence-corrected chi connectivity index (χ3v) is 6.52. The summed E-state index contributed by atoms with van der Waals surface area (Å²) in [6.45, 7) is 7.49. The van der Waals surface area contributed by atoms with Crippen LogP contribution in [0.2, 0.25) is 5.02 Å². The van der Waals surface area contributed by atoms with E-state index in [0.29, 0.717) is 49.1 Å². The average molecular weight is 537 g/mol. The molecule has 0 aliphatic heterocycles. The monoisotopic (exact) mass is 536 g/mol. The summed E-state index contributed by atoms with van der Waals surface area (Å²) in [5.74, 6) is 1.04. The lowest BCUT2D eigenvalue weighted by Crippen LogP contribution is -2.50. The van der Waals surface area contributed by atoms with Crippen LogP contribution in [0.15, 0.2) is 72.8 Å². The molecule has 0 bridgehead atoms. The summed E-state index contributed by atoms with van der Waals surface area (Å²) in [5, 5.41) is 3.48. The van der Waals surface area contributed by atoms with Crippen molar-refractivity contribution in [1.82, 2.24) is 10.2 Å². The van der Waals surface area contributed by atoms with E-state index in [0.717, 1.165) is 16.7 Å². The molecule has 0 saturated heterocycles. The minimum Gasteiger partial charge on any atom is -0.490 e. The van der Waals surface area contributed by atoms with Crippen LogP contribution in [-0.2, 0) is 29.0 Å². The van der Waals surface area contributed by atoms with Gasteiger partial charge in [-0.05, 0) is 62.1 Å². The summed E-state index contributed by atoms with van der Waals surface area (Å²) in [6.07, 6.45) is 1.13. The molecule has 0 spiro atoms. The van der Waals surface area contributed by atoms with Crippen molar-refractivity contribution in [2.24, 2.45) is 0 Å². The lowest BCUT2D eigenvalue weighted by Gasteiger charge is -2.32. The van der Waals surface area contributed by atoms with E-state index in [2.05, 4.69) is 5.32 Å². The number of likely N-dealkylation sites (N-methyl/N-ethyl adjacent to an activating group) is 1. The Kier molecular flexibility index (Phi) is 11.5. The molecule has 0 heterocycles. The number of hydrogen-bond acceptors (Lipinski definition) is 4. The summed E-state index contributed by atoms with van der Waals surface area (Å²) in [6, 6.07) is 22.2. The van der Waals surface area contributed by atoms with Gasteiger partial charge in [-0.2, -0.15) is 0 Å². The zero-order chi connectivity index (χ0) is 27.3. The fourth-order valence-electron chi connectivity index (χ4n) is 4.30. The second-order valence-electron chi connectivity index (χ2n) is 8.86. The van der Waals surface area contributed by atoms with E-state index >= 15 is 0 Å². The van der Waals surface area contributed by atoms with Crippen LogP contribution in [0.3, 0.4) is 0 Å². The Labute approximate surface area is 230 Å². The molecule has 6 nitrogen and oxygen atoms in total. The van der Waals surface area contributed by atoms with Gasteiger partial charge in [0.2, 0.25) is 11.8 Å². The smallest absolute Gasteiger partial charge is 0.243 e. The number of benzene rings is 3. The van der Waals surface area contributed by atoms with Crippen molar-refractivity contribution >= 4 is 23.4 Å². The van der Waals surface area contributed by atoms with Crippen LogP contribution in [0.25, 0.3) is 0 Å². The van der Waals surface area contributed by atoms with E-state index in [4.69, 9.17) is 21.1 Å². The van der Waals surface area contributed by atoms with E-state index < -0.39 is 6.04 Å². The Morgan fingerprint density at radius 3 is 2.24 bits per heavy atom. The summed E-state index contributed by atoms with van der Waals surface area (Å²) >= 11 is 6.47. The highest BCUT2D eigenvalue weighted by Gasteiger charge is 2.30. The first kappa shape index (κ1) is 29.1. The average Bonchev–Trinajstić information content (AvgIpc) is 2.92. The minimum absolute atomic E-state index is 0.121. The van der Waals surface area contributed by atoms with Gasteiger partial charge in [-0.1, -0.05) is 66.2 Å². The topological polar surface area (TPSA) is 67.9 Å². The Morgan fingerprint density at radius 1 is 0.868 bits per heavy atom. The van der Waals surface area contributed by atoms with E-state index in [1.807, 2.05) is 87.5 Å². The van der Waals surface area contributed by atoms with Crippen LogP contribution in [0.5, 0.6) is 11.5 Å². The van der Waals surface area contributed by atoms with Gasteiger partial charge in [-0.25, -0.2) is 0 Å². The minimum atomic E-state index is -0.680. The van der Waals surface area contributed by atoms with Crippen LogP contribution < -0.4 is 14.8 Å². The summed E-state index contributed by atoms with van der Waals surface area (Å²) in [5.41, 5.74) is 2.73. The van der Waals surface area contributed by atoms with E-state index in [9.17, 15) is 9.59 Å². The molecule has 0 radical (unpaired) electrons. The summed E-state index contributed by atoms with van der Waals surface area (Å²) in [7, 11) is 0. The Morgan fingerprint density at radius 2 is 1.55 bits per heavy atom. The molecule has 1 atom stereocenters. The molecule has 0 unspecified atom stereocenters. The highest BCUT2D eigenvalue weighted by Crippen LogP contribution is 2.29. The molecular formula is C31H37ClN2O4. The third kappa shape index (κ3) is 8.25. The number of hydrogen-bond donors (Lipinski definition) is 1. The predicted octanol–water partition coefficient (Wildman–Crippen LogP) is 5.85. The van der Waals surface area contributed by atoms with Crippen molar-refractivity contribution in [3.63, 3.8) is 0 Å². The highest BCUT2D eigenvalue weighted by atomic mass is 35.5. The fraction of sp³-hybridized carbons (Fsp3) is 0.355. The van der Waals surface area contributed by atoms with Gasteiger partial charge in [0, 0.05) is 31.0 Å². The van der Waals surface area contributed by atoms with Gasteiger partial charge in [0.25, 0.3) is 0 Å². The van der Waals surface area contributed by atoms with Crippen molar-refractivity contribution in [3.05, 3.63) is 94.5 Å². The molecule has 2 amide bonds. The normalized spacial score (nSPS) is 11.5. The van der Waals surface area contributed by atoms with Crippen LogP contribution in [0, 0.1) is 0 Å². The Hall–Kier alpha value is -3.51. The van der Waals surface area contributed by atoms with Crippen molar-refractivity contribution < 1.29 is 19.1 Å². The number of ether oxygens (including phenoxy) is 2. The number of carbonyl (C=O) groups is 2. The number of nitrogens with zero attached hydrogens (tertiary/aromatic N) is 1. The molecule has 38 heavy (non-hydrogen) atoms. The van der Waals surface area contributed by atoms with Crippen molar-refractivity contribution in [2.45, 2.75) is 52.6 Å². The molecule has 0 aromatic heterocycles. The quantitative estimate of drug-likeness (QED) is 0.281. The molecule has 7 heteroatoms. The lowest BCUT2D eigenvalue weighted by atomic mass is 10.0. The van der Waals surface area contributed by atoms with Crippen LogP contribution in [-0.4, -0.2) is 42.5 Å². The summed E-state index contributed by atoms with van der Waals surface area (Å²) < 4.78 is 11.4. The maximum absolute atomic E-state index is 13.8. The van der Waals surface area contributed by atoms with E-state index in [1.54, 1.807) is 11.0 Å². The molecule has 0 saturated carbocycles. The number of halogens is 1. The Balaban J connectivity index is 1.88. The number of rotatable bonds is 14. The van der Waals surface area contributed by atoms with Gasteiger partial charge in [0.05, 0.1) is 13.2 Å². The second-order valence-corrected chi connectivity index (χ2v) is 9.27. The predicted molar refractivity (Wildman–Crippen MR) is 152 cm³/mol. The van der Waals surface area contributed by atoms with Gasteiger partial charge >= 0.3 is 0 Å². The van der Waals surface area contributed by atoms with E-state index in [-0.39, 0.29) is 24.8 Å². The fourth-order valence-corrected chi connectivity index (χ4v) is 4.50. The van der Waals surface area contributed by atoms with Gasteiger partial charge in [-0.15, -0.1) is 0 Å². The second kappa shape index (κ2) is 15.0. The number of carbonyl (C=O) groups excluding carboxylic acids is 2. The molecule has 3 aromatic carbocycles. The number of amides is 2. The molecule has 0 fully saturated rings. The zero-order valence-electron chi connectivity index (χ0n) is 22.4. The SMILES string of the molecule is CCNC(=O)[C@H](Cc1ccccc1)N(Cc1ccccc1Cl)C(=O)CCc1ccc(OCC)c(OCC)c1. The highest BCUT2D eigenvalue weighted by molar-refractivity contribution is 6.31. The third-order valence-electron chi connectivity index (χ3n) is 6.16. The number of nitrogens with one attached hydrogen (secondary N) is 1. The zero-order valence-corrected chi connectivity index (χ0v) is 23.2. The maximum Gasteiger partial charge on any atom is 0.243 e. The van der Waals surface area contributed by atoms with Crippen LogP contribution >= 0.6 is 11.6 Å². The largest absolute Gasteiger partial charge is 0.490 e. The summed E-state index contributed by atoms with van der Waals surface area (Å²) in [4.78, 5) is 28.8. The molecule has 202 valence electrons. The van der Waals surface area contributed by atoms with Gasteiger partial charge in [0.1, 0.15) is 6.04 Å². The first-order chi connectivity index (χ1) is 18.5. The number of aryl methyl sites for hydroxylation is 1. The van der Waals surface area contributed by atoms with Crippen LogP contribution in [0.1, 0.15) is 43.9 Å². The van der Waals surface area contributed by atoms with Crippen molar-refractivity contribution in [1.29, 1.82) is 0 Å². The van der Waals surface area contributed by atoms with Gasteiger partial charge < -0.3 is 19.7 Å².